The highest BCUT2D eigenvalue weighted by Crippen LogP contribution is 2.21. The first-order valence-electron chi connectivity index (χ1n) is 6.02. The molecule has 0 heterocycles. The normalized spacial score (nSPS) is 13.1. The summed E-state index contributed by atoms with van der Waals surface area (Å²) in [6.45, 7) is 1.82. The van der Waals surface area contributed by atoms with Gasteiger partial charge in [0.25, 0.3) is 0 Å². The van der Waals surface area contributed by atoms with Gasteiger partial charge in [0.15, 0.2) is 0 Å². The number of aliphatic hydroxyl groups is 1. The molecule has 8 heteroatoms. The van der Waals surface area contributed by atoms with E-state index in [-0.39, 0.29) is 17.9 Å². The zero-order chi connectivity index (χ0) is 15.3. The number of nitrogens with one attached hydrogen (secondary N) is 1. The summed E-state index contributed by atoms with van der Waals surface area (Å²) in [5, 5.41) is 27.5. The highest BCUT2D eigenvalue weighted by Gasteiger charge is 2.18. The fraction of sp³-hybridized carbons (Fsp3) is 0.417. The van der Waals surface area contributed by atoms with Crippen LogP contribution in [-0.2, 0) is 10.0 Å². The molecule has 20 heavy (non-hydrogen) atoms. The number of phenols is 1. The van der Waals surface area contributed by atoms with Crippen molar-refractivity contribution < 1.29 is 28.5 Å². The molecule has 112 valence electrons. The van der Waals surface area contributed by atoms with Gasteiger partial charge >= 0.3 is 5.97 Å². The summed E-state index contributed by atoms with van der Waals surface area (Å²) in [5.41, 5.74) is -0.485. The van der Waals surface area contributed by atoms with E-state index in [1.54, 1.807) is 6.92 Å². The average molecular weight is 303 g/mol. The van der Waals surface area contributed by atoms with Gasteiger partial charge in [-0.15, -0.1) is 0 Å². The molecule has 1 rings (SSSR count). The van der Waals surface area contributed by atoms with E-state index in [1.165, 1.54) is 0 Å². The molecule has 0 radical (unpaired) electrons. The Morgan fingerprint density at radius 3 is 2.60 bits per heavy atom. The molecule has 1 unspecified atom stereocenters. The van der Waals surface area contributed by atoms with Crippen molar-refractivity contribution in [2.75, 3.05) is 6.54 Å². The van der Waals surface area contributed by atoms with Crippen molar-refractivity contribution in [2.24, 2.45) is 0 Å². The number of carbonyl (C=O) groups is 1. The lowest BCUT2D eigenvalue weighted by Gasteiger charge is -2.10. The van der Waals surface area contributed by atoms with Crippen LogP contribution < -0.4 is 4.72 Å². The maximum absolute atomic E-state index is 11.9. The van der Waals surface area contributed by atoms with Crippen LogP contribution in [0.4, 0.5) is 0 Å². The second-order valence-electron chi connectivity index (χ2n) is 4.23. The minimum Gasteiger partial charge on any atom is -0.507 e. The Bertz CT molecular complexity index is 584. The lowest BCUT2D eigenvalue weighted by molar-refractivity contribution is 0.0693. The molecule has 7 nitrogen and oxygen atoms in total. The van der Waals surface area contributed by atoms with Crippen LogP contribution in [0.1, 0.15) is 30.1 Å². The second kappa shape index (κ2) is 6.69. The summed E-state index contributed by atoms with van der Waals surface area (Å²) in [6, 6.07) is 3.01. The highest BCUT2D eigenvalue weighted by atomic mass is 32.2. The molecule has 1 aromatic rings. The maximum atomic E-state index is 11.9. The number of aliphatic hydroxyl groups excluding tert-OH is 1. The molecular weight excluding hydrogens is 286 g/mol. The number of carboxylic acids is 1. The van der Waals surface area contributed by atoms with Crippen LogP contribution in [0.5, 0.6) is 5.75 Å². The largest absolute Gasteiger partial charge is 0.507 e. The minimum atomic E-state index is -3.87. The third-order valence-electron chi connectivity index (χ3n) is 2.75. The Morgan fingerprint density at radius 2 is 2.05 bits per heavy atom. The van der Waals surface area contributed by atoms with Gasteiger partial charge in [0.2, 0.25) is 10.0 Å². The van der Waals surface area contributed by atoms with E-state index in [1.807, 2.05) is 0 Å². The van der Waals surface area contributed by atoms with Crippen molar-refractivity contribution in [1.82, 2.24) is 4.72 Å². The summed E-state index contributed by atoms with van der Waals surface area (Å²) in [5.74, 6) is -1.92. The molecule has 0 aliphatic rings. The second-order valence-corrected chi connectivity index (χ2v) is 6.00. The summed E-state index contributed by atoms with van der Waals surface area (Å²) in [4.78, 5) is 10.6. The van der Waals surface area contributed by atoms with E-state index in [0.29, 0.717) is 6.42 Å². The van der Waals surface area contributed by atoms with Crippen molar-refractivity contribution in [3.63, 3.8) is 0 Å². The zero-order valence-electron chi connectivity index (χ0n) is 10.9. The van der Waals surface area contributed by atoms with Crippen molar-refractivity contribution >= 4 is 16.0 Å². The smallest absolute Gasteiger partial charge is 0.339 e. The predicted molar refractivity (Wildman–Crippen MR) is 71.2 cm³/mol. The van der Waals surface area contributed by atoms with E-state index in [0.717, 1.165) is 18.2 Å². The molecule has 0 fully saturated rings. The molecule has 0 aromatic heterocycles. The molecule has 0 bridgehead atoms. The van der Waals surface area contributed by atoms with E-state index in [9.17, 15) is 23.4 Å². The van der Waals surface area contributed by atoms with Gasteiger partial charge in [-0.05, 0) is 31.0 Å². The van der Waals surface area contributed by atoms with E-state index in [4.69, 9.17) is 5.11 Å². The molecule has 0 aliphatic carbocycles. The Kier molecular flexibility index (Phi) is 5.49. The third-order valence-corrected chi connectivity index (χ3v) is 4.21. The topological polar surface area (TPSA) is 124 Å². The fourth-order valence-corrected chi connectivity index (χ4v) is 2.57. The molecule has 0 amide bonds. The highest BCUT2D eigenvalue weighted by molar-refractivity contribution is 7.89. The van der Waals surface area contributed by atoms with Crippen LogP contribution in [0.2, 0.25) is 0 Å². The van der Waals surface area contributed by atoms with Crippen LogP contribution in [0.25, 0.3) is 0 Å². The number of benzene rings is 1. The zero-order valence-corrected chi connectivity index (χ0v) is 11.7. The lowest BCUT2D eigenvalue weighted by Crippen LogP contribution is -2.27. The maximum Gasteiger partial charge on any atom is 0.339 e. The molecule has 4 N–H and O–H groups in total. The van der Waals surface area contributed by atoms with Crippen molar-refractivity contribution in [2.45, 2.75) is 30.8 Å². The van der Waals surface area contributed by atoms with Gasteiger partial charge in [-0.3, -0.25) is 0 Å². The van der Waals surface area contributed by atoms with E-state index < -0.39 is 33.4 Å². The molecular formula is C12H17NO6S. The first kappa shape index (κ1) is 16.4. The van der Waals surface area contributed by atoms with Crippen molar-refractivity contribution in [3.05, 3.63) is 23.8 Å². The Hall–Kier alpha value is -1.64. The summed E-state index contributed by atoms with van der Waals surface area (Å²) in [7, 11) is -3.87. The van der Waals surface area contributed by atoms with Gasteiger partial charge in [0.1, 0.15) is 11.3 Å². The monoisotopic (exact) mass is 303 g/mol. The average Bonchev–Trinajstić information content (AvgIpc) is 2.38. The Labute approximate surface area is 116 Å². The van der Waals surface area contributed by atoms with E-state index >= 15 is 0 Å². The lowest BCUT2D eigenvalue weighted by atomic mass is 10.2. The van der Waals surface area contributed by atoms with Crippen molar-refractivity contribution in [3.8, 4) is 5.75 Å². The number of rotatable bonds is 7. The molecule has 0 saturated carbocycles. The number of aromatic hydroxyl groups is 1. The number of hydrogen-bond donors (Lipinski definition) is 4. The number of hydrogen-bond acceptors (Lipinski definition) is 5. The molecule has 1 atom stereocenters. The first-order chi connectivity index (χ1) is 9.27. The van der Waals surface area contributed by atoms with Crippen LogP contribution in [0.15, 0.2) is 23.1 Å². The third kappa shape index (κ3) is 4.19. The summed E-state index contributed by atoms with van der Waals surface area (Å²) < 4.78 is 26.1. The van der Waals surface area contributed by atoms with Crippen molar-refractivity contribution in [1.29, 1.82) is 0 Å². The minimum absolute atomic E-state index is 0.0423. The SMILES string of the molecule is CCC(O)CCNS(=O)(=O)c1ccc(O)c(C(=O)O)c1. The number of sulfonamides is 1. The standard InChI is InChI=1S/C12H17NO6S/c1-2-8(14)5-6-13-20(18,19)9-3-4-11(15)10(7-9)12(16)17/h3-4,7-8,13-15H,2,5-6H2,1H3,(H,16,17). The molecule has 1 aromatic carbocycles. The first-order valence-corrected chi connectivity index (χ1v) is 7.50. The Balaban J connectivity index is 2.88. The van der Waals surface area contributed by atoms with Crippen LogP contribution in [-0.4, -0.2) is 42.4 Å². The van der Waals surface area contributed by atoms with Gasteiger partial charge in [-0.2, -0.15) is 0 Å². The molecule has 0 spiro atoms. The van der Waals surface area contributed by atoms with E-state index in [2.05, 4.69) is 4.72 Å². The van der Waals surface area contributed by atoms with Crippen LogP contribution in [0, 0.1) is 0 Å². The fourth-order valence-electron chi connectivity index (χ4n) is 1.50. The summed E-state index contributed by atoms with van der Waals surface area (Å²) in [6.07, 6.45) is 0.191. The Morgan fingerprint density at radius 1 is 1.40 bits per heavy atom. The van der Waals surface area contributed by atoms with Gasteiger partial charge in [-0.1, -0.05) is 6.92 Å². The van der Waals surface area contributed by atoms with Crippen LogP contribution in [0.3, 0.4) is 0 Å². The number of aromatic carboxylic acids is 1. The van der Waals surface area contributed by atoms with Gasteiger partial charge in [0.05, 0.1) is 11.0 Å². The molecule has 0 aliphatic heterocycles. The quantitative estimate of drug-likeness (QED) is 0.582. The summed E-state index contributed by atoms with van der Waals surface area (Å²) >= 11 is 0. The van der Waals surface area contributed by atoms with Gasteiger partial charge in [-0.25, -0.2) is 17.9 Å². The van der Waals surface area contributed by atoms with Gasteiger partial charge < -0.3 is 15.3 Å². The predicted octanol–water partition coefficient (Wildman–Crippen LogP) is 0.530. The molecule has 0 saturated heterocycles. The van der Waals surface area contributed by atoms with Gasteiger partial charge in [0, 0.05) is 6.54 Å². The van der Waals surface area contributed by atoms with Crippen LogP contribution >= 0.6 is 0 Å². The number of carboxylic acid groups (broad SMARTS) is 1.